The molecule has 222 valence electrons. The van der Waals surface area contributed by atoms with E-state index in [1.165, 1.54) is 4.90 Å². The summed E-state index contributed by atoms with van der Waals surface area (Å²) in [5, 5.41) is 23.1. The highest BCUT2D eigenvalue weighted by molar-refractivity contribution is 6.32. The Balaban J connectivity index is 1.59. The van der Waals surface area contributed by atoms with Gasteiger partial charge < -0.3 is 20.8 Å². The van der Waals surface area contributed by atoms with Crippen molar-refractivity contribution in [3.8, 4) is 5.75 Å². The van der Waals surface area contributed by atoms with Gasteiger partial charge in [0.2, 0.25) is 5.91 Å². The van der Waals surface area contributed by atoms with Crippen molar-refractivity contribution in [2.75, 3.05) is 46.2 Å². The van der Waals surface area contributed by atoms with Crippen LogP contribution in [0.5, 0.6) is 5.75 Å². The molecule has 4 N–H and O–H groups in total. The quantitative estimate of drug-likeness (QED) is 0.405. The van der Waals surface area contributed by atoms with Crippen molar-refractivity contribution in [1.29, 1.82) is 0 Å². The highest BCUT2D eigenvalue weighted by Crippen LogP contribution is 2.52. The van der Waals surface area contributed by atoms with E-state index in [1.807, 2.05) is 9.80 Å². The minimum absolute atomic E-state index is 0.00253. The number of phenolic OH excluding ortho intramolecular Hbond substituents is 1. The van der Waals surface area contributed by atoms with E-state index in [1.54, 1.807) is 34.3 Å². The van der Waals surface area contributed by atoms with Gasteiger partial charge in [-0.2, -0.15) is 0 Å². The molecule has 11 nitrogen and oxygen atoms in total. The van der Waals surface area contributed by atoms with Crippen LogP contribution in [0.4, 0.5) is 10.1 Å². The standard InChI is InChI=1S/C29H37FN4O7/c1-32(2)18-11-14(12-34-7-5-15(30)6-8-34)23(35)20-16(18)9-13-10-17-22(33(3)4)25(37)21(28(31)40)27(39)29(17,41)26(38)19(13)24(20)36/h11,13,15,17,19,21-22,35,41H,5-10,12H2,1-4H3,(H2,31,40)/t13-,17-,19?,21?,22-,29-/m0/s1. The number of likely N-dealkylation sites (N-methyl/N-ethyl adjacent to an activating group) is 1. The Bertz CT molecular complexity index is 1340. The number of ketones is 4. The molecule has 1 amide bonds. The van der Waals surface area contributed by atoms with E-state index in [2.05, 4.69) is 0 Å². The molecule has 0 bridgehead atoms. The number of hydrogen-bond donors (Lipinski definition) is 3. The van der Waals surface area contributed by atoms with Crippen LogP contribution in [0.15, 0.2) is 6.07 Å². The van der Waals surface area contributed by atoms with Crippen LogP contribution in [0.2, 0.25) is 0 Å². The molecule has 2 saturated carbocycles. The molecule has 0 aromatic heterocycles. The first-order valence-corrected chi connectivity index (χ1v) is 14.0. The summed E-state index contributed by atoms with van der Waals surface area (Å²) >= 11 is 0. The van der Waals surface area contributed by atoms with Crippen molar-refractivity contribution < 1.29 is 38.6 Å². The molecule has 5 rings (SSSR count). The van der Waals surface area contributed by atoms with Gasteiger partial charge in [0.05, 0.1) is 17.5 Å². The molecule has 3 fully saturated rings. The number of hydrogen-bond acceptors (Lipinski definition) is 10. The Kier molecular flexibility index (Phi) is 7.32. The Labute approximate surface area is 237 Å². The molecule has 1 saturated heterocycles. The number of fused-ring (bicyclic) bond motifs is 3. The highest BCUT2D eigenvalue weighted by atomic mass is 19.1. The topological polar surface area (TPSA) is 162 Å². The first-order chi connectivity index (χ1) is 19.2. The molecule has 12 heteroatoms. The molecular formula is C29H37FN4O7. The fourth-order valence-corrected chi connectivity index (χ4v) is 7.53. The summed E-state index contributed by atoms with van der Waals surface area (Å²) in [7, 11) is 6.71. The molecule has 0 spiro atoms. The summed E-state index contributed by atoms with van der Waals surface area (Å²) in [4.78, 5) is 72.2. The number of nitrogens with zero attached hydrogens (tertiary/aromatic N) is 3. The van der Waals surface area contributed by atoms with Crippen LogP contribution in [0.1, 0.15) is 40.7 Å². The molecule has 2 unspecified atom stereocenters. The summed E-state index contributed by atoms with van der Waals surface area (Å²) in [6, 6.07) is 0.659. The molecule has 4 aliphatic rings. The lowest BCUT2D eigenvalue weighted by atomic mass is 9.52. The van der Waals surface area contributed by atoms with Gasteiger partial charge in [-0.1, -0.05) is 0 Å². The smallest absolute Gasteiger partial charge is 0.235 e. The van der Waals surface area contributed by atoms with Crippen molar-refractivity contribution in [2.45, 2.75) is 50.0 Å². The molecule has 1 aliphatic heterocycles. The number of alkyl halides is 1. The highest BCUT2D eigenvalue weighted by Gasteiger charge is 2.69. The number of aromatic hydroxyl groups is 1. The van der Waals surface area contributed by atoms with Gasteiger partial charge in [0.15, 0.2) is 34.7 Å². The molecule has 1 aromatic rings. The number of anilines is 1. The fourth-order valence-electron chi connectivity index (χ4n) is 7.53. The van der Waals surface area contributed by atoms with Crippen molar-refractivity contribution in [2.24, 2.45) is 29.4 Å². The van der Waals surface area contributed by atoms with Crippen molar-refractivity contribution in [3.63, 3.8) is 0 Å². The second-order valence-corrected chi connectivity index (χ2v) is 12.4. The summed E-state index contributed by atoms with van der Waals surface area (Å²) in [6.07, 6.45) is 0.0721. The van der Waals surface area contributed by atoms with Gasteiger partial charge in [0.1, 0.15) is 11.9 Å². The van der Waals surface area contributed by atoms with Crippen LogP contribution in [0, 0.1) is 23.7 Å². The number of phenols is 1. The number of amides is 1. The minimum atomic E-state index is -2.76. The number of rotatable bonds is 5. The lowest BCUT2D eigenvalue weighted by Crippen LogP contribution is -2.74. The van der Waals surface area contributed by atoms with E-state index >= 15 is 0 Å². The monoisotopic (exact) mass is 572 g/mol. The van der Waals surface area contributed by atoms with Gasteiger partial charge in [-0.25, -0.2) is 4.39 Å². The SMILES string of the molecule is CN(C)c1cc(CN2CCC(F)CC2)c(O)c2c1C[C@H]1C[C@H]3[C@H](N(C)C)C(=O)C(C(N)=O)C(=O)[C@@]3(O)C(=O)C1C2=O. The van der Waals surface area contributed by atoms with Gasteiger partial charge in [0.25, 0.3) is 0 Å². The third kappa shape index (κ3) is 4.38. The summed E-state index contributed by atoms with van der Waals surface area (Å²) in [5.41, 5.74) is 4.27. The maximum atomic E-state index is 14.1. The zero-order valence-electron chi connectivity index (χ0n) is 23.7. The van der Waals surface area contributed by atoms with Crippen molar-refractivity contribution in [3.05, 3.63) is 22.8 Å². The predicted molar refractivity (Wildman–Crippen MR) is 145 cm³/mol. The van der Waals surface area contributed by atoms with Crippen LogP contribution >= 0.6 is 0 Å². The van der Waals surface area contributed by atoms with Gasteiger partial charge in [-0.3, -0.25) is 33.8 Å². The Morgan fingerprint density at radius 2 is 1.76 bits per heavy atom. The van der Waals surface area contributed by atoms with Crippen LogP contribution in [0.3, 0.4) is 0 Å². The molecule has 3 aliphatic carbocycles. The first kappa shape index (κ1) is 29.3. The molecule has 1 aromatic carbocycles. The van der Waals surface area contributed by atoms with E-state index in [4.69, 9.17) is 5.73 Å². The van der Waals surface area contributed by atoms with Gasteiger partial charge in [0, 0.05) is 50.9 Å². The number of Topliss-reactive ketones (excluding diaryl/α,β-unsaturated/α-hetero) is 4. The van der Waals surface area contributed by atoms with Gasteiger partial charge >= 0.3 is 0 Å². The lowest BCUT2D eigenvalue weighted by Gasteiger charge is -2.52. The van der Waals surface area contributed by atoms with Crippen LogP contribution in [-0.2, 0) is 32.1 Å². The van der Waals surface area contributed by atoms with E-state index < -0.39 is 70.5 Å². The van der Waals surface area contributed by atoms with Gasteiger partial charge in [-0.05, 0) is 57.3 Å². The van der Waals surface area contributed by atoms with E-state index in [9.17, 15) is 38.6 Å². The van der Waals surface area contributed by atoms with Crippen molar-refractivity contribution in [1.82, 2.24) is 9.80 Å². The third-order valence-corrected chi connectivity index (χ3v) is 9.51. The largest absolute Gasteiger partial charge is 0.507 e. The number of carbonyl (C=O) groups is 5. The lowest BCUT2D eigenvalue weighted by molar-refractivity contribution is -0.181. The number of aliphatic hydroxyl groups is 1. The van der Waals surface area contributed by atoms with Gasteiger partial charge in [-0.15, -0.1) is 0 Å². The number of carbonyl (C=O) groups excluding carboxylic acids is 5. The minimum Gasteiger partial charge on any atom is -0.507 e. The zero-order valence-corrected chi connectivity index (χ0v) is 23.7. The summed E-state index contributed by atoms with van der Waals surface area (Å²) in [6.45, 7) is 1.27. The number of likely N-dealkylation sites (tertiary alicyclic amines) is 1. The van der Waals surface area contributed by atoms with Crippen LogP contribution < -0.4 is 10.6 Å². The fraction of sp³-hybridized carbons (Fsp3) is 0.621. The maximum Gasteiger partial charge on any atom is 0.235 e. The summed E-state index contributed by atoms with van der Waals surface area (Å²) < 4.78 is 13.7. The molecular weight excluding hydrogens is 535 g/mol. The molecule has 41 heavy (non-hydrogen) atoms. The third-order valence-electron chi connectivity index (χ3n) is 9.51. The van der Waals surface area contributed by atoms with E-state index in [0.717, 1.165) is 0 Å². The zero-order chi connectivity index (χ0) is 30.1. The number of benzene rings is 1. The molecule has 6 atom stereocenters. The molecule has 1 heterocycles. The average molecular weight is 573 g/mol. The van der Waals surface area contributed by atoms with Crippen LogP contribution in [-0.4, -0.2) is 108 Å². The van der Waals surface area contributed by atoms with E-state index in [-0.39, 0.29) is 30.7 Å². The maximum absolute atomic E-state index is 14.1. The summed E-state index contributed by atoms with van der Waals surface area (Å²) in [5.74, 6) is -10.6. The number of piperidine rings is 1. The van der Waals surface area contributed by atoms with Crippen LogP contribution in [0.25, 0.3) is 0 Å². The molecule has 0 radical (unpaired) electrons. The average Bonchev–Trinajstić information content (AvgIpc) is 2.88. The Morgan fingerprint density at radius 3 is 2.32 bits per heavy atom. The predicted octanol–water partition coefficient (Wildman–Crippen LogP) is -0.133. The second-order valence-electron chi connectivity index (χ2n) is 12.4. The Morgan fingerprint density at radius 1 is 1.12 bits per heavy atom. The second kappa shape index (κ2) is 10.2. The number of primary amides is 1. The number of halogens is 1. The van der Waals surface area contributed by atoms with Crippen molar-refractivity contribution >= 4 is 34.7 Å². The number of nitrogens with two attached hydrogens (primary N) is 1. The first-order valence-electron chi connectivity index (χ1n) is 14.0. The Hall–Kier alpha value is -3.22. The normalized spacial score (nSPS) is 32.5. The van der Waals surface area contributed by atoms with E-state index in [0.29, 0.717) is 42.7 Å².